The summed E-state index contributed by atoms with van der Waals surface area (Å²) in [7, 11) is 0. The molecule has 2 aliphatic rings. The number of piperidine rings is 1. The third-order valence-electron chi connectivity index (χ3n) is 3.99. The SMILES string of the molecule is Nc1nc(N2CCCCC2)sc1C(=O)NCC1CCCS1. The molecule has 2 aliphatic heterocycles. The minimum Gasteiger partial charge on any atom is -0.382 e. The van der Waals surface area contributed by atoms with E-state index in [0.29, 0.717) is 15.9 Å². The maximum absolute atomic E-state index is 12.3. The Balaban J connectivity index is 1.61. The largest absolute Gasteiger partial charge is 0.382 e. The molecule has 0 radical (unpaired) electrons. The Morgan fingerprint density at radius 1 is 1.33 bits per heavy atom. The summed E-state index contributed by atoms with van der Waals surface area (Å²) in [6, 6.07) is 0. The molecule has 1 amide bonds. The van der Waals surface area contributed by atoms with Gasteiger partial charge in [0.05, 0.1) is 0 Å². The van der Waals surface area contributed by atoms with Crippen LogP contribution in [0.3, 0.4) is 0 Å². The Morgan fingerprint density at radius 3 is 2.86 bits per heavy atom. The van der Waals surface area contributed by atoms with Crippen LogP contribution in [0.4, 0.5) is 10.9 Å². The van der Waals surface area contributed by atoms with Gasteiger partial charge in [-0.15, -0.1) is 0 Å². The molecule has 3 rings (SSSR count). The molecule has 1 atom stereocenters. The predicted molar refractivity (Wildman–Crippen MR) is 90.4 cm³/mol. The fourth-order valence-electron chi connectivity index (χ4n) is 2.80. The summed E-state index contributed by atoms with van der Waals surface area (Å²) in [5, 5.41) is 4.47. The summed E-state index contributed by atoms with van der Waals surface area (Å²) in [6.45, 7) is 2.78. The Morgan fingerprint density at radius 2 is 2.14 bits per heavy atom. The van der Waals surface area contributed by atoms with E-state index in [4.69, 9.17) is 5.73 Å². The van der Waals surface area contributed by atoms with E-state index in [9.17, 15) is 4.79 Å². The molecule has 2 saturated heterocycles. The molecule has 0 saturated carbocycles. The minimum atomic E-state index is -0.0687. The third kappa shape index (κ3) is 3.63. The zero-order valence-electron chi connectivity index (χ0n) is 12.1. The average molecular weight is 326 g/mol. The van der Waals surface area contributed by atoms with Gasteiger partial charge >= 0.3 is 0 Å². The molecule has 0 bridgehead atoms. The second kappa shape index (κ2) is 6.87. The number of nitrogens with two attached hydrogens (primary N) is 1. The minimum absolute atomic E-state index is 0.0687. The number of amides is 1. The van der Waals surface area contributed by atoms with E-state index < -0.39 is 0 Å². The van der Waals surface area contributed by atoms with Gasteiger partial charge in [-0.2, -0.15) is 11.8 Å². The number of nitrogens with one attached hydrogen (secondary N) is 1. The number of anilines is 2. The molecule has 3 N–H and O–H groups in total. The fourth-order valence-corrected chi connectivity index (χ4v) is 4.95. The van der Waals surface area contributed by atoms with Crippen LogP contribution < -0.4 is 16.0 Å². The maximum atomic E-state index is 12.3. The van der Waals surface area contributed by atoms with Crippen molar-refractivity contribution in [2.75, 3.05) is 36.0 Å². The van der Waals surface area contributed by atoms with Gasteiger partial charge in [-0.3, -0.25) is 4.79 Å². The summed E-state index contributed by atoms with van der Waals surface area (Å²) < 4.78 is 0. The molecular weight excluding hydrogens is 304 g/mol. The van der Waals surface area contributed by atoms with Crippen molar-refractivity contribution in [3.8, 4) is 0 Å². The Bertz CT molecular complexity index is 493. The molecule has 7 heteroatoms. The van der Waals surface area contributed by atoms with Crippen molar-refractivity contribution in [2.45, 2.75) is 37.4 Å². The molecule has 1 aromatic rings. The molecular formula is C14H22N4OS2. The topological polar surface area (TPSA) is 71.2 Å². The second-order valence-electron chi connectivity index (χ2n) is 5.60. The first-order valence-corrected chi connectivity index (χ1v) is 9.51. The van der Waals surface area contributed by atoms with Gasteiger partial charge in [0.2, 0.25) is 0 Å². The summed E-state index contributed by atoms with van der Waals surface area (Å²) >= 11 is 3.37. The fraction of sp³-hybridized carbons (Fsp3) is 0.714. The van der Waals surface area contributed by atoms with Crippen LogP contribution >= 0.6 is 23.1 Å². The lowest BCUT2D eigenvalue weighted by Crippen LogP contribution is -2.29. The van der Waals surface area contributed by atoms with E-state index in [0.717, 1.165) is 24.8 Å². The van der Waals surface area contributed by atoms with Gasteiger partial charge in [0, 0.05) is 24.9 Å². The second-order valence-corrected chi connectivity index (χ2v) is 7.99. The van der Waals surface area contributed by atoms with Crippen molar-refractivity contribution in [2.24, 2.45) is 0 Å². The quantitative estimate of drug-likeness (QED) is 0.888. The molecule has 2 fully saturated rings. The number of nitrogen functional groups attached to an aromatic ring is 1. The zero-order valence-corrected chi connectivity index (χ0v) is 13.8. The summed E-state index contributed by atoms with van der Waals surface area (Å²) in [6.07, 6.45) is 6.12. The summed E-state index contributed by atoms with van der Waals surface area (Å²) in [5.74, 6) is 1.51. The normalized spacial score (nSPS) is 22.5. The lowest BCUT2D eigenvalue weighted by molar-refractivity contribution is 0.0958. The Kier molecular flexibility index (Phi) is 4.90. The Labute approximate surface area is 133 Å². The number of aromatic nitrogens is 1. The summed E-state index contributed by atoms with van der Waals surface area (Å²) in [4.78, 5) is 19.5. The van der Waals surface area contributed by atoms with Crippen LogP contribution in [0.1, 0.15) is 41.8 Å². The highest BCUT2D eigenvalue weighted by Gasteiger charge is 2.22. The highest BCUT2D eigenvalue weighted by Crippen LogP contribution is 2.30. The molecule has 1 unspecified atom stereocenters. The van der Waals surface area contributed by atoms with Crippen molar-refractivity contribution >= 4 is 40.0 Å². The van der Waals surface area contributed by atoms with Gasteiger partial charge in [-0.25, -0.2) is 4.98 Å². The number of carbonyl (C=O) groups excluding carboxylic acids is 1. The molecule has 0 aliphatic carbocycles. The van der Waals surface area contributed by atoms with Gasteiger partial charge in [-0.1, -0.05) is 11.3 Å². The number of thioether (sulfide) groups is 1. The molecule has 0 aromatic carbocycles. The highest BCUT2D eigenvalue weighted by atomic mass is 32.2. The maximum Gasteiger partial charge on any atom is 0.265 e. The van der Waals surface area contributed by atoms with Crippen LogP contribution in [0.5, 0.6) is 0 Å². The first-order chi connectivity index (χ1) is 10.2. The van der Waals surface area contributed by atoms with Crippen LogP contribution in [0.25, 0.3) is 0 Å². The molecule has 3 heterocycles. The van der Waals surface area contributed by atoms with Crippen LogP contribution in [0, 0.1) is 0 Å². The number of hydrogen-bond donors (Lipinski definition) is 2. The third-order valence-corrected chi connectivity index (χ3v) is 6.52. The van der Waals surface area contributed by atoms with E-state index in [1.807, 2.05) is 11.8 Å². The van der Waals surface area contributed by atoms with E-state index in [2.05, 4.69) is 15.2 Å². The van der Waals surface area contributed by atoms with E-state index >= 15 is 0 Å². The number of thiazole rings is 1. The van der Waals surface area contributed by atoms with Crippen molar-refractivity contribution in [1.82, 2.24) is 10.3 Å². The van der Waals surface area contributed by atoms with Crippen LogP contribution in [0.15, 0.2) is 0 Å². The van der Waals surface area contributed by atoms with Gasteiger partial charge in [0.1, 0.15) is 10.7 Å². The van der Waals surface area contributed by atoms with Crippen LogP contribution in [-0.4, -0.2) is 41.5 Å². The molecule has 5 nitrogen and oxygen atoms in total. The van der Waals surface area contributed by atoms with Gasteiger partial charge in [-0.05, 0) is 37.9 Å². The number of carbonyl (C=O) groups is 1. The molecule has 1 aromatic heterocycles. The number of rotatable bonds is 4. The van der Waals surface area contributed by atoms with E-state index in [-0.39, 0.29) is 5.91 Å². The Hall–Kier alpha value is -0.950. The number of nitrogens with zero attached hydrogens (tertiary/aromatic N) is 2. The van der Waals surface area contributed by atoms with Crippen molar-refractivity contribution < 1.29 is 4.79 Å². The predicted octanol–water partition coefficient (Wildman–Crippen LogP) is 2.34. The van der Waals surface area contributed by atoms with E-state index in [1.54, 1.807) is 0 Å². The molecule has 21 heavy (non-hydrogen) atoms. The molecule has 0 spiro atoms. The van der Waals surface area contributed by atoms with Crippen molar-refractivity contribution in [1.29, 1.82) is 0 Å². The first-order valence-electron chi connectivity index (χ1n) is 7.65. The van der Waals surface area contributed by atoms with Gasteiger partial charge in [0.15, 0.2) is 5.13 Å². The van der Waals surface area contributed by atoms with Gasteiger partial charge < -0.3 is 16.0 Å². The van der Waals surface area contributed by atoms with Gasteiger partial charge in [0.25, 0.3) is 5.91 Å². The highest BCUT2D eigenvalue weighted by molar-refractivity contribution is 8.00. The van der Waals surface area contributed by atoms with Crippen molar-refractivity contribution in [3.05, 3.63) is 4.88 Å². The van der Waals surface area contributed by atoms with Crippen LogP contribution in [0.2, 0.25) is 0 Å². The zero-order chi connectivity index (χ0) is 14.7. The lowest BCUT2D eigenvalue weighted by Gasteiger charge is -2.25. The average Bonchev–Trinajstić information content (AvgIpc) is 3.15. The lowest BCUT2D eigenvalue weighted by atomic mass is 10.1. The monoisotopic (exact) mass is 326 g/mol. The molecule has 116 valence electrons. The smallest absolute Gasteiger partial charge is 0.265 e. The first kappa shape index (κ1) is 15.0. The number of hydrogen-bond acceptors (Lipinski definition) is 6. The standard InChI is InChI=1S/C14H22N4OS2/c15-12-11(13(19)16-9-10-5-4-8-20-10)21-14(17-12)18-6-2-1-3-7-18/h10H,1-9,15H2,(H,16,19). The van der Waals surface area contributed by atoms with Crippen molar-refractivity contribution in [3.63, 3.8) is 0 Å². The summed E-state index contributed by atoms with van der Waals surface area (Å²) in [5.41, 5.74) is 5.94. The van der Waals surface area contributed by atoms with E-state index in [1.165, 1.54) is 49.2 Å². The van der Waals surface area contributed by atoms with Crippen LogP contribution in [-0.2, 0) is 0 Å².